The van der Waals surface area contributed by atoms with Crippen LogP contribution in [0.2, 0.25) is 0 Å². The zero-order valence-corrected chi connectivity index (χ0v) is 19.1. The first-order valence-corrected chi connectivity index (χ1v) is 9.70. The van der Waals surface area contributed by atoms with Crippen molar-refractivity contribution in [1.29, 1.82) is 0 Å². The van der Waals surface area contributed by atoms with Crippen LogP contribution in [0.25, 0.3) is 5.69 Å². The molecule has 168 valence electrons. The molecule has 0 fully saturated rings. The van der Waals surface area contributed by atoms with E-state index in [0.29, 0.717) is 24.7 Å². The molecule has 0 spiro atoms. The third kappa shape index (κ3) is 6.40. The lowest BCUT2D eigenvalue weighted by molar-refractivity contribution is 0.315. The number of para-hydroxylation sites is 1. The SMILES string of the molecule is CCOc1cc(CNCc2cccnc2)ccc1Oc1nnnn1-c1ccccc1.Cl.Cl. The topological polar surface area (TPSA) is 87.0 Å². The average Bonchev–Trinajstić information content (AvgIpc) is 3.25. The van der Waals surface area contributed by atoms with E-state index in [2.05, 4.69) is 25.8 Å². The summed E-state index contributed by atoms with van der Waals surface area (Å²) in [6.07, 6.45) is 3.62. The molecule has 32 heavy (non-hydrogen) atoms. The van der Waals surface area contributed by atoms with Gasteiger partial charge in [-0.1, -0.05) is 35.4 Å². The van der Waals surface area contributed by atoms with Gasteiger partial charge in [0.05, 0.1) is 12.3 Å². The Hall–Kier alpha value is -3.20. The summed E-state index contributed by atoms with van der Waals surface area (Å²) in [4.78, 5) is 4.13. The Kier molecular flexibility index (Phi) is 9.87. The summed E-state index contributed by atoms with van der Waals surface area (Å²) in [7, 11) is 0. The fourth-order valence-electron chi connectivity index (χ4n) is 2.94. The van der Waals surface area contributed by atoms with Gasteiger partial charge in [0.2, 0.25) is 0 Å². The molecule has 2 aromatic carbocycles. The second-order valence-corrected chi connectivity index (χ2v) is 6.49. The Bertz CT molecular complexity index is 1080. The molecule has 0 radical (unpaired) electrons. The Labute approximate surface area is 198 Å². The molecule has 0 unspecified atom stereocenters. The largest absolute Gasteiger partial charge is 0.490 e. The molecule has 0 bridgehead atoms. The first-order valence-electron chi connectivity index (χ1n) is 9.70. The maximum atomic E-state index is 5.99. The fourth-order valence-corrected chi connectivity index (χ4v) is 2.94. The Morgan fingerprint density at radius 2 is 1.72 bits per heavy atom. The molecule has 4 aromatic rings. The van der Waals surface area contributed by atoms with E-state index in [1.807, 2.05) is 73.8 Å². The minimum Gasteiger partial charge on any atom is -0.490 e. The first-order chi connectivity index (χ1) is 14.8. The van der Waals surface area contributed by atoms with Crippen molar-refractivity contribution in [2.45, 2.75) is 20.0 Å². The highest BCUT2D eigenvalue weighted by Gasteiger charge is 2.14. The third-order valence-electron chi connectivity index (χ3n) is 4.33. The van der Waals surface area contributed by atoms with Crippen molar-refractivity contribution >= 4 is 24.8 Å². The Morgan fingerprint density at radius 1 is 0.906 bits per heavy atom. The summed E-state index contributed by atoms with van der Waals surface area (Å²) in [6, 6.07) is 19.6. The van der Waals surface area contributed by atoms with Crippen LogP contribution < -0.4 is 14.8 Å². The molecule has 8 nitrogen and oxygen atoms in total. The second kappa shape index (κ2) is 12.6. The molecule has 4 rings (SSSR count). The van der Waals surface area contributed by atoms with E-state index in [9.17, 15) is 0 Å². The third-order valence-corrected chi connectivity index (χ3v) is 4.33. The standard InChI is InChI=1S/C22H22N6O2.2ClH/c1-2-29-21-13-17(14-24-16-18-7-6-12-23-15-18)10-11-20(21)30-22-25-26-27-28(22)19-8-4-3-5-9-19;;/h3-13,15,24H,2,14,16H2,1H3;2*1H. The number of halogens is 2. The van der Waals surface area contributed by atoms with Crippen LogP contribution in [0, 0.1) is 0 Å². The Balaban J connectivity index is 0.00000181. The van der Waals surface area contributed by atoms with Gasteiger partial charge in [-0.25, -0.2) is 0 Å². The van der Waals surface area contributed by atoms with Crippen molar-refractivity contribution in [3.63, 3.8) is 0 Å². The average molecular weight is 475 g/mol. The minimum absolute atomic E-state index is 0. The van der Waals surface area contributed by atoms with Crippen LogP contribution in [0.5, 0.6) is 17.5 Å². The minimum atomic E-state index is 0. The van der Waals surface area contributed by atoms with E-state index in [0.717, 1.165) is 23.4 Å². The molecular formula is C22H24Cl2N6O2. The molecule has 0 aliphatic heterocycles. The number of rotatable bonds is 9. The van der Waals surface area contributed by atoms with Gasteiger partial charge in [0.15, 0.2) is 11.5 Å². The van der Waals surface area contributed by atoms with E-state index < -0.39 is 0 Å². The maximum absolute atomic E-state index is 5.99. The summed E-state index contributed by atoms with van der Waals surface area (Å²) in [5.41, 5.74) is 3.03. The van der Waals surface area contributed by atoms with Crippen molar-refractivity contribution in [1.82, 2.24) is 30.5 Å². The van der Waals surface area contributed by atoms with Gasteiger partial charge in [0.1, 0.15) is 0 Å². The molecule has 0 saturated carbocycles. The predicted molar refractivity (Wildman–Crippen MR) is 126 cm³/mol. The van der Waals surface area contributed by atoms with Crippen molar-refractivity contribution in [3.8, 4) is 23.2 Å². The molecule has 1 N–H and O–H groups in total. The van der Waals surface area contributed by atoms with Gasteiger partial charge in [-0.2, -0.15) is 4.68 Å². The normalized spacial score (nSPS) is 10.0. The summed E-state index contributed by atoms with van der Waals surface area (Å²) >= 11 is 0. The highest BCUT2D eigenvalue weighted by Crippen LogP contribution is 2.32. The van der Waals surface area contributed by atoms with E-state index in [1.54, 1.807) is 10.9 Å². The molecule has 0 amide bonds. The number of nitrogens with one attached hydrogen (secondary N) is 1. The maximum Gasteiger partial charge on any atom is 0.346 e. The zero-order chi connectivity index (χ0) is 20.6. The van der Waals surface area contributed by atoms with E-state index >= 15 is 0 Å². The van der Waals surface area contributed by atoms with Crippen LogP contribution in [-0.2, 0) is 13.1 Å². The lowest BCUT2D eigenvalue weighted by Gasteiger charge is -2.13. The van der Waals surface area contributed by atoms with Crippen LogP contribution >= 0.6 is 24.8 Å². The van der Waals surface area contributed by atoms with Crippen LogP contribution in [0.1, 0.15) is 18.1 Å². The van der Waals surface area contributed by atoms with Gasteiger partial charge >= 0.3 is 6.01 Å². The molecule has 0 aliphatic carbocycles. The summed E-state index contributed by atoms with van der Waals surface area (Å²) in [5, 5.41) is 15.2. The number of hydrogen-bond donors (Lipinski definition) is 1. The molecular weight excluding hydrogens is 451 g/mol. The van der Waals surface area contributed by atoms with Crippen molar-refractivity contribution in [2.24, 2.45) is 0 Å². The summed E-state index contributed by atoms with van der Waals surface area (Å²) < 4.78 is 13.3. The Morgan fingerprint density at radius 3 is 2.47 bits per heavy atom. The number of ether oxygens (including phenoxy) is 2. The molecule has 0 saturated heterocycles. The number of benzene rings is 2. The molecule has 0 aliphatic rings. The van der Waals surface area contributed by atoms with Crippen LogP contribution in [0.15, 0.2) is 73.1 Å². The van der Waals surface area contributed by atoms with Gasteiger partial charge in [0, 0.05) is 25.5 Å². The van der Waals surface area contributed by atoms with E-state index in [4.69, 9.17) is 9.47 Å². The number of hydrogen-bond acceptors (Lipinski definition) is 7. The lowest BCUT2D eigenvalue weighted by atomic mass is 10.2. The smallest absolute Gasteiger partial charge is 0.346 e. The number of tetrazole rings is 1. The molecule has 0 atom stereocenters. The number of aromatic nitrogens is 5. The lowest BCUT2D eigenvalue weighted by Crippen LogP contribution is -2.13. The van der Waals surface area contributed by atoms with Crippen molar-refractivity contribution in [3.05, 3.63) is 84.2 Å². The van der Waals surface area contributed by atoms with Gasteiger partial charge < -0.3 is 14.8 Å². The molecule has 10 heteroatoms. The van der Waals surface area contributed by atoms with Crippen LogP contribution in [0.3, 0.4) is 0 Å². The van der Waals surface area contributed by atoms with Crippen molar-refractivity contribution < 1.29 is 9.47 Å². The zero-order valence-electron chi connectivity index (χ0n) is 17.4. The highest BCUT2D eigenvalue weighted by molar-refractivity contribution is 5.85. The monoisotopic (exact) mass is 474 g/mol. The van der Waals surface area contributed by atoms with Crippen LogP contribution in [-0.4, -0.2) is 31.8 Å². The molecule has 2 aromatic heterocycles. The van der Waals surface area contributed by atoms with Gasteiger partial charge in [0.25, 0.3) is 0 Å². The fraction of sp³-hybridized carbons (Fsp3) is 0.182. The summed E-state index contributed by atoms with van der Waals surface area (Å²) in [6.45, 7) is 3.89. The van der Waals surface area contributed by atoms with Crippen molar-refractivity contribution in [2.75, 3.05) is 6.61 Å². The summed E-state index contributed by atoms with van der Waals surface area (Å²) in [5.74, 6) is 1.20. The second-order valence-electron chi connectivity index (χ2n) is 6.49. The number of pyridine rings is 1. The number of nitrogens with zero attached hydrogens (tertiary/aromatic N) is 5. The van der Waals surface area contributed by atoms with Gasteiger partial charge in [-0.05, 0) is 58.8 Å². The van der Waals surface area contributed by atoms with Gasteiger partial charge in [-0.15, -0.1) is 24.8 Å². The quantitative estimate of drug-likeness (QED) is 0.384. The highest BCUT2D eigenvalue weighted by atomic mass is 35.5. The molecule has 2 heterocycles. The van der Waals surface area contributed by atoms with Crippen LogP contribution in [0.4, 0.5) is 0 Å². The predicted octanol–water partition coefficient (Wildman–Crippen LogP) is 4.38. The van der Waals surface area contributed by atoms with E-state index in [1.165, 1.54) is 0 Å². The van der Waals surface area contributed by atoms with Gasteiger partial charge in [-0.3, -0.25) is 4.98 Å². The first kappa shape index (κ1) is 25.1. The van der Waals surface area contributed by atoms with E-state index in [-0.39, 0.29) is 30.8 Å².